The summed E-state index contributed by atoms with van der Waals surface area (Å²) < 4.78 is 12.6. The third-order valence-corrected chi connectivity index (χ3v) is 7.49. The van der Waals surface area contributed by atoms with Gasteiger partial charge in [-0.25, -0.2) is 0 Å². The molecule has 0 unspecified atom stereocenters. The zero-order chi connectivity index (χ0) is 14.2. The summed E-state index contributed by atoms with van der Waals surface area (Å²) in [6.45, 7) is 10.6. The fourth-order valence-electron chi connectivity index (χ4n) is 6.65. The molecule has 4 aliphatic rings. The van der Waals surface area contributed by atoms with Crippen LogP contribution in [0.25, 0.3) is 0 Å². The largest absolute Gasteiger partial charge is 0.347 e. The van der Waals surface area contributed by atoms with Crippen LogP contribution in [0, 0.1) is 22.7 Å². The first-order chi connectivity index (χ1) is 9.30. The predicted octanol–water partition coefficient (Wildman–Crippen LogP) is 4.52. The van der Waals surface area contributed by atoms with Gasteiger partial charge in [0, 0.05) is 6.42 Å². The van der Waals surface area contributed by atoms with E-state index in [1.165, 1.54) is 38.5 Å². The molecule has 0 aromatic rings. The Kier molecular flexibility index (Phi) is 2.59. The maximum atomic E-state index is 6.54. The van der Waals surface area contributed by atoms with Gasteiger partial charge >= 0.3 is 0 Å². The Morgan fingerprint density at radius 1 is 0.850 bits per heavy atom. The van der Waals surface area contributed by atoms with E-state index in [4.69, 9.17) is 9.47 Å². The van der Waals surface area contributed by atoms with E-state index in [0.29, 0.717) is 16.7 Å². The highest BCUT2D eigenvalue weighted by atomic mass is 16.8. The Morgan fingerprint density at radius 3 is 2.40 bits per heavy atom. The number of ether oxygens (including phenoxy) is 2. The minimum Gasteiger partial charge on any atom is -0.347 e. The molecule has 2 saturated carbocycles. The van der Waals surface area contributed by atoms with Crippen molar-refractivity contribution in [2.24, 2.45) is 22.7 Å². The maximum Gasteiger partial charge on any atom is 0.166 e. The van der Waals surface area contributed by atoms with Crippen LogP contribution < -0.4 is 0 Å². The second kappa shape index (κ2) is 3.81. The monoisotopic (exact) mass is 278 g/mol. The van der Waals surface area contributed by atoms with Crippen molar-refractivity contribution in [1.29, 1.82) is 0 Å². The van der Waals surface area contributed by atoms with E-state index in [9.17, 15) is 0 Å². The molecule has 114 valence electrons. The lowest BCUT2D eigenvalue weighted by molar-refractivity contribution is -0.260. The molecule has 2 nitrogen and oxygen atoms in total. The average molecular weight is 278 g/mol. The van der Waals surface area contributed by atoms with Gasteiger partial charge in [0.05, 0.1) is 12.2 Å². The van der Waals surface area contributed by atoms with Gasteiger partial charge in [-0.05, 0) is 61.7 Å². The van der Waals surface area contributed by atoms with Gasteiger partial charge in [0.25, 0.3) is 0 Å². The molecule has 2 bridgehead atoms. The molecule has 5 atom stereocenters. The highest BCUT2D eigenvalue weighted by molar-refractivity contribution is 5.13. The van der Waals surface area contributed by atoms with E-state index < -0.39 is 0 Å². The van der Waals surface area contributed by atoms with Gasteiger partial charge in [-0.3, -0.25) is 0 Å². The summed E-state index contributed by atoms with van der Waals surface area (Å²) in [7, 11) is 0. The van der Waals surface area contributed by atoms with Crippen molar-refractivity contribution in [3.8, 4) is 0 Å². The zero-order valence-corrected chi connectivity index (χ0v) is 13.6. The Bertz CT molecular complexity index is 431. The first kappa shape index (κ1) is 13.6. The lowest BCUT2D eigenvalue weighted by Gasteiger charge is -2.63. The van der Waals surface area contributed by atoms with Crippen molar-refractivity contribution < 1.29 is 9.47 Å². The van der Waals surface area contributed by atoms with Gasteiger partial charge in [0.1, 0.15) is 0 Å². The van der Waals surface area contributed by atoms with E-state index in [1.54, 1.807) is 0 Å². The predicted molar refractivity (Wildman–Crippen MR) is 79.4 cm³/mol. The standard InChI is InChI=1S/C18H30O2/c1-15(2)8-5-9-16(3)13(15)7-11-18-12-19-17(4,20-18)10-6-14(16)18/h13-14H,5-12H2,1-4H3/t13-,14+,16-,17+,18-/m0/s1. The smallest absolute Gasteiger partial charge is 0.166 e. The molecule has 0 N–H and O–H groups in total. The minimum absolute atomic E-state index is 0.0473. The number of hydrogen-bond donors (Lipinski definition) is 0. The molecule has 4 fully saturated rings. The number of fused-ring (bicyclic) bond motifs is 3. The van der Waals surface area contributed by atoms with E-state index >= 15 is 0 Å². The minimum atomic E-state index is -0.274. The summed E-state index contributed by atoms with van der Waals surface area (Å²) in [6.07, 6.45) is 9.14. The fourth-order valence-corrected chi connectivity index (χ4v) is 6.65. The van der Waals surface area contributed by atoms with Crippen molar-refractivity contribution >= 4 is 0 Å². The van der Waals surface area contributed by atoms with Gasteiger partial charge in [0.2, 0.25) is 0 Å². The molecule has 0 aromatic heterocycles. The highest BCUT2D eigenvalue weighted by Gasteiger charge is 2.66. The van der Waals surface area contributed by atoms with Crippen LogP contribution in [0.15, 0.2) is 0 Å². The Morgan fingerprint density at radius 2 is 1.60 bits per heavy atom. The van der Waals surface area contributed by atoms with Crippen LogP contribution in [-0.4, -0.2) is 18.0 Å². The van der Waals surface area contributed by atoms with E-state index in [0.717, 1.165) is 18.9 Å². The summed E-state index contributed by atoms with van der Waals surface area (Å²) in [5, 5.41) is 0. The molecule has 2 heterocycles. The molecule has 2 aliphatic heterocycles. The van der Waals surface area contributed by atoms with Crippen LogP contribution in [0.2, 0.25) is 0 Å². The SMILES string of the molecule is CC1(C)CCC[C@@]2(C)[C@H]1CC[C@]13CO[C@@](C)(CC[C@@H]12)O3. The van der Waals surface area contributed by atoms with Gasteiger partial charge in [-0.2, -0.15) is 0 Å². The fraction of sp³-hybridized carbons (Fsp3) is 1.00. The molecule has 0 amide bonds. The first-order valence-corrected chi connectivity index (χ1v) is 8.64. The Labute approximate surface area is 123 Å². The summed E-state index contributed by atoms with van der Waals surface area (Å²) in [5.74, 6) is 1.31. The first-order valence-electron chi connectivity index (χ1n) is 8.64. The van der Waals surface area contributed by atoms with E-state index in [-0.39, 0.29) is 11.4 Å². The molecular formula is C18H30O2. The van der Waals surface area contributed by atoms with Gasteiger partial charge < -0.3 is 9.47 Å². The molecule has 2 saturated heterocycles. The summed E-state index contributed by atoms with van der Waals surface area (Å²) >= 11 is 0. The normalized spacial score (nSPS) is 57.0. The second-order valence-electron chi connectivity index (χ2n) is 9.12. The Balaban J connectivity index is 1.73. The second-order valence-corrected chi connectivity index (χ2v) is 9.12. The number of rotatable bonds is 0. The van der Waals surface area contributed by atoms with Gasteiger partial charge in [-0.1, -0.05) is 27.2 Å². The number of hydrogen-bond acceptors (Lipinski definition) is 2. The summed E-state index contributed by atoms with van der Waals surface area (Å²) in [4.78, 5) is 0. The highest BCUT2D eigenvalue weighted by Crippen LogP contribution is 2.67. The molecule has 0 radical (unpaired) electrons. The van der Waals surface area contributed by atoms with Crippen molar-refractivity contribution in [3.63, 3.8) is 0 Å². The van der Waals surface area contributed by atoms with Crippen molar-refractivity contribution in [3.05, 3.63) is 0 Å². The molecule has 4 rings (SSSR count). The van der Waals surface area contributed by atoms with Crippen molar-refractivity contribution in [2.75, 3.05) is 6.61 Å². The Hall–Kier alpha value is -0.0800. The topological polar surface area (TPSA) is 18.5 Å². The summed E-state index contributed by atoms with van der Waals surface area (Å²) in [5.41, 5.74) is 1.02. The molecule has 2 aliphatic carbocycles. The van der Waals surface area contributed by atoms with Crippen LogP contribution in [0.1, 0.15) is 72.6 Å². The van der Waals surface area contributed by atoms with E-state index in [1.807, 2.05) is 0 Å². The van der Waals surface area contributed by atoms with Crippen LogP contribution in [0.3, 0.4) is 0 Å². The van der Waals surface area contributed by atoms with Gasteiger partial charge in [0.15, 0.2) is 5.79 Å². The molecule has 2 heteroatoms. The molecule has 0 aromatic carbocycles. The zero-order valence-electron chi connectivity index (χ0n) is 13.6. The third-order valence-electron chi connectivity index (χ3n) is 7.49. The van der Waals surface area contributed by atoms with Gasteiger partial charge in [-0.15, -0.1) is 0 Å². The average Bonchev–Trinajstić information content (AvgIpc) is 2.58. The van der Waals surface area contributed by atoms with Crippen LogP contribution in [0.4, 0.5) is 0 Å². The quantitative estimate of drug-likeness (QED) is 0.648. The van der Waals surface area contributed by atoms with Crippen molar-refractivity contribution in [2.45, 2.75) is 84.0 Å². The summed E-state index contributed by atoms with van der Waals surface area (Å²) in [6, 6.07) is 0. The molecule has 20 heavy (non-hydrogen) atoms. The third kappa shape index (κ3) is 1.58. The van der Waals surface area contributed by atoms with E-state index in [2.05, 4.69) is 27.7 Å². The lowest BCUT2D eigenvalue weighted by Crippen LogP contribution is -2.61. The molecule has 1 spiro atoms. The lowest BCUT2D eigenvalue weighted by atomic mass is 9.44. The van der Waals surface area contributed by atoms with Crippen LogP contribution in [-0.2, 0) is 9.47 Å². The maximum absolute atomic E-state index is 6.54. The van der Waals surface area contributed by atoms with Crippen LogP contribution >= 0.6 is 0 Å². The molecular weight excluding hydrogens is 248 g/mol. The van der Waals surface area contributed by atoms with Crippen LogP contribution in [0.5, 0.6) is 0 Å². The van der Waals surface area contributed by atoms with Crippen molar-refractivity contribution in [1.82, 2.24) is 0 Å².